The van der Waals surface area contributed by atoms with E-state index in [2.05, 4.69) is 10.6 Å². The highest BCUT2D eigenvalue weighted by molar-refractivity contribution is 5.83. The second kappa shape index (κ2) is 14.1. The highest BCUT2D eigenvalue weighted by Crippen LogP contribution is 2.39. The summed E-state index contributed by atoms with van der Waals surface area (Å²) in [5.41, 5.74) is 1.48. The van der Waals surface area contributed by atoms with E-state index < -0.39 is 57.5 Å². The van der Waals surface area contributed by atoms with E-state index in [1.54, 1.807) is 0 Å². The van der Waals surface area contributed by atoms with E-state index in [0.717, 1.165) is 75.3 Å². The molecule has 2 amide bonds. The minimum Gasteiger partial charge on any atom is -0.632 e. The Labute approximate surface area is 272 Å². The predicted molar refractivity (Wildman–Crippen MR) is 174 cm³/mol. The van der Waals surface area contributed by atoms with Crippen LogP contribution in [0.1, 0.15) is 100 Å². The predicted octanol–water partition coefficient (Wildman–Crippen LogP) is 4.26. The van der Waals surface area contributed by atoms with E-state index in [4.69, 9.17) is 0 Å². The maximum atomic E-state index is 14.4. The number of hydroxylamine groups is 6. The standard InChI is InChI=1S/C36H50N4O6/c41-29-21-31(39(45,23-29)27-17-9-3-10-18-27)35(43)37-33(25-13-5-1-6-14-25)34(26-15-7-2-8-16-26)38-36(44)32-22-30(42)24-40(32,46)28-19-11-4-12-20-28/h1-2,5-8,13-16,27-34,41-42H,3-4,9-12,17-24H2,(H,37,43)(H,38,44)/t29-,30-,31+,32+,33+,34+,39?,40?/m1/s1. The van der Waals surface area contributed by atoms with E-state index in [-0.39, 0.29) is 38.0 Å². The molecule has 0 radical (unpaired) electrons. The van der Waals surface area contributed by atoms with Crippen LogP contribution in [0.5, 0.6) is 0 Å². The van der Waals surface area contributed by atoms with Gasteiger partial charge in [-0.1, -0.05) is 73.5 Å². The van der Waals surface area contributed by atoms with Crippen LogP contribution in [0, 0.1) is 10.4 Å². The van der Waals surface area contributed by atoms with Gasteiger partial charge in [0, 0.05) is 12.8 Å². The van der Waals surface area contributed by atoms with Gasteiger partial charge in [0.15, 0.2) is 12.1 Å². The minimum atomic E-state index is -0.960. The zero-order valence-electron chi connectivity index (χ0n) is 26.7. The Morgan fingerprint density at radius 1 is 0.609 bits per heavy atom. The lowest BCUT2D eigenvalue weighted by molar-refractivity contribution is -0.911. The number of benzene rings is 2. The lowest BCUT2D eigenvalue weighted by Crippen LogP contribution is -2.61. The molecule has 46 heavy (non-hydrogen) atoms. The maximum absolute atomic E-state index is 14.4. The van der Waals surface area contributed by atoms with Gasteiger partial charge in [-0.2, -0.15) is 0 Å². The number of nitrogens with one attached hydrogen (secondary N) is 2. The number of amides is 2. The van der Waals surface area contributed by atoms with Crippen molar-refractivity contribution in [1.29, 1.82) is 0 Å². The first-order valence-corrected chi connectivity index (χ1v) is 17.4. The summed E-state index contributed by atoms with van der Waals surface area (Å²) < 4.78 is -1.43. The van der Waals surface area contributed by atoms with E-state index in [1.165, 1.54) is 0 Å². The molecule has 10 heteroatoms. The lowest BCUT2D eigenvalue weighted by atomic mass is 9.91. The Balaban J connectivity index is 1.32. The topological polar surface area (TPSA) is 145 Å². The number of carbonyl (C=O) groups excluding carboxylic acids is 2. The van der Waals surface area contributed by atoms with Crippen molar-refractivity contribution in [2.24, 2.45) is 0 Å². The Bertz CT molecular complexity index is 1220. The molecule has 4 aliphatic rings. The largest absolute Gasteiger partial charge is 0.632 e. The van der Waals surface area contributed by atoms with Gasteiger partial charge in [-0.25, -0.2) is 0 Å². The summed E-state index contributed by atoms with van der Waals surface area (Å²) in [7, 11) is 0. The van der Waals surface area contributed by atoms with Crippen LogP contribution in [-0.2, 0) is 9.59 Å². The van der Waals surface area contributed by atoms with Gasteiger partial charge in [0.2, 0.25) is 0 Å². The van der Waals surface area contributed by atoms with E-state index >= 15 is 0 Å². The van der Waals surface area contributed by atoms with Crippen LogP contribution in [0.3, 0.4) is 0 Å². The van der Waals surface area contributed by atoms with Gasteiger partial charge >= 0.3 is 0 Å². The molecule has 2 saturated heterocycles. The fourth-order valence-corrected chi connectivity index (χ4v) is 8.93. The zero-order valence-corrected chi connectivity index (χ0v) is 26.7. The fourth-order valence-electron chi connectivity index (χ4n) is 8.93. The number of nitrogens with zero attached hydrogens (tertiary/aromatic N) is 2. The van der Waals surface area contributed by atoms with Gasteiger partial charge < -0.3 is 40.6 Å². The summed E-state index contributed by atoms with van der Waals surface area (Å²) in [5.74, 6) is -0.873. The third kappa shape index (κ3) is 6.74. The number of aliphatic hydroxyl groups is 2. The van der Waals surface area contributed by atoms with Gasteiger partial charge in [-0.15, -0.1) is 0 Å². The molecule has 2 aromatic carbocycles. The Hall–Kier alpha value is -2.86. The second-order valence-electron chi connectivity index (χ2n) is 14.3. The Kier molecular flexibility index (Phi) is 10.1. The van der Waals surface area contributed by atoms with Crippen molar-refractivity contribution in [3.05, 3.63) is 82.2 Å². The number of quaternary nitrogens is 2. The summed E-state index contributed by atoms with van der Waals surface area (Å²) in [6.45, 7) is 0.0125. The van der Waals surface area contributed by atoms with E-state index in [0.29, 0.717) is 0 Å². The normalized spacial score (nSPS) is 33.7. The molecule has 4 fully saturated rings. The molecule has 10 nitrogen and oxygen atoms in total. The van der Waals surface area contributed by atoms with Gasteiger partial charge in [0.1, 0.15) is 25.3 Å². The third-order valence-corrected chi connectivity index (χ3v) is 11.3. The molecule has 0 spiro atoms. The Morgan fingerprint density at radius 2 is 0.957 bits per heavy atom. The number of likely N-dealkylation sites (tertiary alicyclic amines) is 2. The van der Waals surface area contributed by atoms with E-state index in [9.17, 15) is 30.2 Å². The van der Waals surface area contributed by atoms with Crippen molar-refractivity contribution in [2.75, 3.05) is 13.1 Å². The van der Waals surface area contributed by atoms with Crippen LogP contribution < -0.4 is 10.6 Å². The van der Waals surface area contributed by atoms with Crippen LogP contribution >= 0.6 is 0 Å². The molecular weight excluding hydrogens is 584 g/mol. The van der Waals surface area contributed by atoms with Crippen molar-refractivity contribution in [3.63, 3.8) is 0 Å². The molecule has 2 aromatic rings. The van der Waals surface area contributed by atoms with Crippen LogP contribution in [0.15, 0.2) is 60.7 Å². The summed E-state index contributed by atoms with van der Waals surface area (Å²) in [4.78, 5) is 28.5. The third-order valence-electron chi connectivity index (χ3n) is 11.3. The number of carbonyl (C=O) groups is 2. The smallest absolute Gasteiger partial charge is 0.279 e. The average molecular weight is 635 g/mol. The van der Waals surface area contributed by atoms with Crippen molar-refractivity contribution in [1.82, 2.24) is 10.6 Å². The number of hydrogen-bond acceptors (Lipinski definition) is 6. The molecule has 2 aliphatic heterocycles. The lowest BCUT2D eigenvalue weighted by Gasteiger charge is -2.51. The highest BCUT2D eigenvalue weighted by atomic mass is 16.6. The van der Waals surface area contributed by atoms with Gasteiger partial charge in [0.05, 0.1) is 24.2 Å². The summed E-state index contributed by atoms with van der Waals surface area (Å²) >= 11 is 0. The average Bonchev–Trinajstić information content (AvgIpc) is 3.58. The molecule has 0 aromatic heterocycles. The summed E-state index contributed by atoms with van der Waals surface area (Å²) in [5, 5.41) is 56.4. The molecule has 2 heterocycles. The molecule has 8 atom stereocenters. The van der Waals surface area contributed by atoms with Gasteiger partial charge in [0.25, 0.3) is 11.8 Å². The first-order chi connectivity index (χ1) is 22.2. The fraction of sp³-hybridized carbons (Fsp3) is 0.611. The monoisotopic (exact) mass is 634 g/mol. The van der Waals surface area contributed by atoms with Crippen LogP contribution in [-0.4, -0.2) is 80.8 Å². The quantitative estimate of drug-likeness (QED) is 0.240. The SMILES string of the molecule is O=C(N[C@@H](c1ccccc1)[C@@H](NC(=O)[C@@H]1C[C@@H](O)C[N+]1([O-])C1CCCCC1)c1ccccc1)[C@@H]1C[C@@H](O)C[N+]1([O-])C1CCCCC1. The number of aliphatic hydroxyl groups excluding tert-OH is 2. The van der Waals surface area contributed by atoms with Gasteiger partial charge in [-0.05, 0) is 62.5 Å². The van der Waals surface area contributed by atoms with Crippen molar-refractivity contribution in [2.45, 2.75) is 126 Å². The van der Waals surface area contributed by atoms with E-state index in [1.807, 2.05) is 60.7 Å². The van der Waals surface area contributed by atoms with Crippen molar-refractivity contribution < 1.29 is 29.1 Å². The first-order valence-electron chi connectivity index (χ1n) is 17.4. The highest BCUT2D eigenvalue weighted by Gasteiger charge is 2.52. The molecule has 0 bridgehead atoms. The first kappa shape index (κ1) is 33.1. The van der Waals surface area contributed by atoms with Crippen LogP contribution in [0.25, 0.3) is 0 Å². The summed E-state index contributed by atoms with van der Waals surface area (Å²) in [6, 6.07) is 14.9. The van der Waals surface area contributed by atoms with Crippen LogP contribution in [0.4, 0.5) is 0 Å². The maximum Gasteiger partial charge on any atom is 0.279 e. The molecule has 250 valence electrons. The van der Waals surface area contributed by atoms with Crippen molar-refractivity contribution in [3.8, 4) is 0 Å². The number of rotatable bonds is 9. The minimum absolute atomic E-state index is 0.00623. The molecule has 4 N–H and O–H groups in total. The Morgan fingerprint density at radius 3 is 1.30 bits per heavy atom. The van der Waals surface area contributed by atoms with Crippen LogP contribution in [0.2, 0.25) is 0 Å². The summed E-state index contributed by atoms with van der Waals surface area (Å²) in [6.07, 6.45) is 7.39. The second-order valence-corrected chi connectivity index (χ2v) is 14.3. The molecular formula is C36H50N4O6. The molecule has 2 aliphatic carbocycles. The molecule has 6 rings (SSSR count). The van der Waals surface area contributed by atoms with Gasteiger partial charge in [-0.3, -0.25) is 9.59 Å². The van der Waals surface area contributed by atoms with Crippen molar-refractivity contribution >= 4 is 11.8 Å². The number of hydrogen-bond donors (Lipinski definition) is 4. The zero-order chi connectivity index (χ0) is 32.3. The molecule has 2 saturated carbocycles. The molecule has 2 unspecified atom stereocenters.